The average molecular weight is 386 g/mol. The highest BCUT2D eigenvalue weighted by molar-refractivity contribution is 7.20. The molecule has 1 aromatic carbocycles. The number of rotatable bonds is 4. The van der Waals surface area contributed by atoms with Crippen LogP contribution in [-0.2, 0) is 17.7 Å². The molecule has 0 spiro atoms. The van der Waals surface area contributed by atoms with Crippen molar-refractivity contribution in [2.45, 2.75) is 26.3 Å². The first kappa shape index (κ1) is 17.5. The molecule has 0 atom stereocenters. The number of hydrogen-bond acceptors (Lipinski definition) is 6. The lowest BCUT2D eigenvalue weighted by atomic mass is 10.1. The van der Waals surface area contributed by atoms with E-state index in [1.807, 2.05) is 0 Å². The summed E-state index contributed by atoms with van der Waals surface area (Å²) in [4.78, 5) is 42.4. The van der Waals surface area contributed by atoms with E-state index in [-0.39, 0.29) is 16.0 Å². The molecule has 1 aliphatic rings. The van der Waals surface area contributed by atoms with Gasteiger partial charge in [0, 0.05) is 18.5 Å². The molecule has 4 rings (SSSR count). The van der Waals surface area contributed by atoms with Crippen molar-refractivity contribution in [1.29, 1.82) is 0 Å². The monoisotopic (exact) mass is 386 g/mol. The largest absolute Gasteiger partial charge is 0.453 e. The first-order valence-electron chi connectivity index (χ1n) is 8.44. The summed E-state index contributed by atoms with van der Waals surface area (Å²) in [5, 5.41) is 0.433. The number of esters is 1. The second kappa shape index (κ2) is 6.70. The van der Waals surface area contributed by atoms with Gasteiger partial charge in [0.2, 0.25) is 0 Å². The Morgan fingerprint density at radius 1 is 1.30 bits per heavy atom. The van der Waals surface area contributed by atoms with Crippen LogP contribution in [0.2, 0.25) is 0 Å². The van der Waals surface area contributed by atoms with E-state index >= 15 is 0 Å². The van der Waals surface area contributed by atoms with Crippen molar-refractivity contribution < 1.29 is 18.7 Å². The van der Waals surface area contributed by atoms with Gasteiger partial charge in [-0.2, -0.15) is 0 Å². The van der Waals surface area contributed by atoms with Gasteiger partial charge in [0.1, 0.15) is 21.3 Å². The van der Waals surface area contributed by atoms with Crippen LogP contribution in [0.25, 0.3) is 10.2 Å². The second-order valence-corrected chi connectivity index (χ2v) is 7.33. The molecule has 0 saturated heterocycles. The molecular weight excluding hydrogens is 371 g/mol. The number of ketones is 1. The summed E-state index contributed by atoms with van der Waals surface area (Å²) in [5.41, 5.74) is 0.644. The minimum atomic E-state index is -0.671. The number of aryl methyl sites for hydroxylation is 2. The van der Waals surface area contributed by atoms with Crippen LogP contribution in [0.1, 0.15) is 37.8 Å². The Kier molecular flexibility index (Phi) is 4.35. The SMILES string of the molecule is Cc1c(C(=O)OCC(=O)c2ccc(F)cc2)sc2nc3n(c(=O)c12)CCC3. The number of carbonyl (C=O) groups is 2. The van der Waals surface area contributed by atoms with E-state index in [1.54, 1.807) is 11.5 Å². The molecule has 27 heavy (non-hydrogen) atoms. The van der Waals surface area contributed by atoms with Gasteiger partial charge in [-0.25, -0.2) is 14.2 Å². The number of aromatic nitrogens is 2. The number of ether oxygens (including phenoxy) is 1. The summed E-state index contributed by atoms with van der Waals surface area (Å²) in [5.74, 6) is -0.815. The topological polar surface area (TPSA) is 78.3 Å². The Bertz CT molecular complexity index is 1130. The highest BCUT2D eigenvalue weighted by Gasteiger charge is 2.24. The minimum absolute atomic E-state index is 0.136. The maximum Gasteiger partial charge on any atom is 0.349 e. The first-order valence-corrected chi connectivity index (χ1v) is 9.26. The molecule has 3 heterocycles. The van der Waals surface area contributed by atoms with Crippen LogP contribution in [0.3, 0.4) is 0 Å². The lowest BCUT2D eigenvalue weighted by Crippen LogP contribution is -2.20. The van der Waals surface area contributed by atoms with Crippen LogP contribution < -0.4 is 5.56 Å². The van der Waals surface area contributed by atoms with Crippen molar-refractivity contribution >= 4 is 33.3 Å². The molecule has 1 aliphatic heterocycles. The quantitative estimate of drug-likeness (QED) is 0.509. The third-order valence-corrected chi connectivity index (χ3v) is 5.76. The van der Waals surface area contributed by atoms with Crippen molar-refractivity contribution in [3.8, 4) is 0 Å². The molecule has 0 bridgehead atoms. The van der Waals surface area contributed by atoms with Gasteiger partial charge in [-0.3, -0.25) is 14.2 Å². The molecule has 138 valence electrons. The number of nitrogens with zero attached hydrogens (tertiary/aromatic N) is 2. The van der Waals surface area contributed by atoms with Crippen LogP contribution >= 0.6 is 11.3 Å². The van der Waals surface area contributed by atoms with Gasteiger partial charge in [0.25, 0.3) is 5.56 Å². The second-order valence-electron chi connectivity index (χ2n) is 6.33. The van der Waals surface area contributed by atoms with Crippen LogP contribution in [0.4, 0.5) is 4.39 Å². The van der Waals surface area contributed by atoms with Gasteiger partial charge in [-0.1, -0.05) is 0 Å². The number of thiophene rings is 1. The zero-order valence-corrected chi connectivity index (χ0v) is 15.3. The van der Waals surface area contributed by atoms with E-state index in [0.29, 0.717) is 22.3 Å². The predicted octanol–water partition coefficient (Wildman–Crippen LogP) is 2.89. The molecule has 3 aromatic rings. The number of Topliss-reactive ketones (excluding diaryl/α,β-unsaturated/α-hetero) is 1. The number of carbonyl (C=O) groups excluding carboxylic acids is 2. The van der Waals surface area contributed by atoms with Crippen molar-refractivity contribution in [2.75, 3.05) is 6.61 Å². The highest BCUT2D eigenvalue weighted by Crippen LogP contribution is 2.29. The summed E-state index contributed by atoms with van der Waals surface area (Å²) in [6, 6.07) is 5.01. The van der Waals surface area contributed by atoms with Gasteiger partial charge < -0.3 is 4.74 Å². The third-order valence-electron chi connectivity index (χ3n) is 4.60. The maximum absolute atomic E-state index is 12.9. The van der Waals surface area contributed by atoms with E-state index in [9.17, 15) is 18.8 Å². The molecule has 0 fully saturated rings. The van der Waals surface area contributed by atoms with Gasteiger partial charge in [0.15, 0.2) is 12.4 Å². The fraction of sp³-hybridized carbons (Fsp3) is 0.263. The van der Waals surface area contributed by atoms with Crippen molar-refractivity contribution in [2.24, 2.45) is 0 Å². The predicted molar refractivity (Wildman–Crippen MR) is 98.0 cm³/mol. The highest BCUT2D eigenvalue weighted by atomic mass is 32.1. The van der Waals surface area contributed by atoms with E-state index in [2.05, 4.69) is 4.98 Å². The molecule has 8 heteroatoms. The van der Waals surface area contributed by atoms with Gasteiger partial charge >= 0.3 is 5.97 Å². The normalized spacial score (nSPS) is 13.0. The molecule has 0 amide bonds. The maximum atomic E-state index is 12.9. The fourth-order valence-corrected chi connectivity index (χ4v) is 4.27. The Balaban J connectivity index is 1.57. The number of halogens is 1. The summed E-state index contributed by atoms with van der Waals surface area (Å²) < 4.78 is 19.7. The molecule has 0 unspecified atom stereocenters. The number of hydrogen-bond donors (Lipinski definition) is 0. The summed E-state index contributed by atoms with van der Waals surface area (Å²) in [6.07, 6.45) is 1.63. The number of fused-ring (bicyclic) bond motifs is 2. The van der Waals surface area contributed by atoms with Gasteiger partial charge in [-0.05, 0) is 43.2 Å². The van der Waals surface area contributed by atoms with Crippen LogP contribution in [0.5, 0.6) is 0 Å². The standard InChI is InChI=1S/C19H15FN2O4S/c1-10-15-17(21-14-3-2-8-22(14)18(15)24)27-16(10)19(25)26-9-13(23)11-4-6-12(20)7-5-11/h4-7H,2-3,8-9H2,1H3. The van der Waals surface area contributed by atoms with Crippen molar-refractivity contribution in [3.05, 3.63) is 62.3 Å². The van der Waals surface area contributed by atoms with Gasteiger partial charge in [-0.15, -0.1) is 11.3 Å². The lowest BCUT2D eigenvalue weighted by Gasteiger charge is -2.04. The zero-order chi connectivity index (χ0) is 19.1. The number of benzene rings is 1. The summed E-state index contributed by atoms with van der Waals surface area (Å²) in [7, 11) is 0. The Morgan fingerprint density at radius 3 is 2.78 bits per heavy atom. The van der Waals surface area contributed by atoms with E-state index in [1.165, 1.54) is 24.3 Å². The summed E-state index contributed by atoms with van der Waals surface area (Å²) in [6.45, 7) is 1.86. The Hall–Kier alpha value is -2.87. The van der Waals surface area contributed by atoms with Crippen molar-refractivity contribution in [3.63, 3.8) is 0 Å². The fourth-order valence-electron chi connectivity index (χ4n) is 3.19. The third kappa shape index (κ3) is 3.06. The first-order chi connectivity index (χ1) is 13.0. The molecule has 0 radical (unpaired) electrons. The van der Waals surface area contributed by atoms with E-state index < -0.39 is 24.2 Å². The van der Waals surface area contributed by atoms with Gasteiger partial charge in [0.05, 0.1) is 5.39 Å². The molecule has 6 nitrogen and oxygen atoms in total. The Morgan fingerprint density at radius 2 is 2.04 bits per heavy atom. The zero-order valence-electron chi connectivity index (χ0n) is 14.5. The average Bonchev–Trinajstić information content (AvgIpc) is 3.25. The minimum Gasteiger partial charge on any atom is -0.453 e. The van der Waals surface area contributed by atoms with E-state index in [0.717, 1.165) is 30.0 Å². The van der Waals surface area contributed by atoms with E-state index in [4.69, 9.17) is 4.74 Å². The van der Waals surface area contributed by atoms with Crippen LogP contribution in [-0.4, -0.2) is 27.9 Å². The molecular formula is C19H15FN2O4S. The lowest BCUT2D eigenvalue weighted by molar-refractivity contribution is 0.0479. The smallest absolute Gasteiger partial charge is 0.349 e. The Labute approximate surface area is 157 Å². The van der Waals surface area contributed by atoms with Crippen LogP contribution in [0, 0.1) is 12.7 Å². The molecule has 0 N–H and O–H groups in total. The molecule has 0 saturated carbocycles. The molecule has 2 aromatic heterocycles. The summed E-state index contributed by atoms with van der Waals surface area (Å²) >= 11 is 1.10. The van der Waals surface area contributed by atoms with Crippen molar-refractivity contribution in [1.82, 2.24) is 9.55 Å². The molecule has 0 aliphatic carbocycles. The van der Waals surface area contributed by atoms with Crippen LogP contribution in [0.15, 0.2) is 29.1 Å².